The zero-order chi connectivity index (χ0) is 22.3. The fourth-order valence-corrected chi connectivity index (χ4v) is 3.52. The smallest absolute Gasteiger partial charge is 0.396 e. The number of unbranched alkanes of at least 4 members (excludes halogenated alkanes) is 4. The molecule has 0 atom stereocenters. The Morgan fingerprint density at radius 2 is 0.800 bits per heavy atom. The van der Waals surface area contributed by atoms with Gasteiger partial charge in [-0.2, -0.15) is 0 Å². The summed E-state index contributed by atoms with van der Waals surface area (Å²) in [5.74, 6) is 0. The summed E-state index contributed by atoms with van der Waals surface area (Å²) in [5, 5.41) is 35.7. The highest BCUT2D eigenvalue weighted by Gasteiger charge is 2.21. The maximum absolute atomic E-state index is 12.0. The molecule has 180 valence electrons. The van der Waals surface area contributed by atoms with Crippen molar-refractivity contribution in [2.45, 2.75) is 51.4 Å². The van der Waals surface area contributed by atoms with E-state index in [2.05, 4.69) is 9.80 Å². The Bertz CT molecular complexity index is 329. The Morgan fingerprint density at radius 1 is 0.500 bits per heavy atom. The first kappa shape index (κ1) is 29.8. The fourth-order valence-electron chi connectivity index (χ4n) is 2.99. The molecular formula is C20H44N2O7P+. The zero-order valence-corrected chi connectivity index (χ0v) is 19.4. The quantitative estimate of drug-likeness (QED) is 0.126. The summed E-state index contributed by atoms with van der Waals surface area (Å²) in [6, 6.07) is 0. The van der Waals surface area contributed by atoms with Gasteiger partial charge >= 0.3 is 8.25 Å². The van der Waals surface area contributed by atoms with Crippen molar-refractivity contribution in [2.75, 3.05) is 78.9 Å². The molecule has 9 nitrogen and oxygen atoms in total. The van der Waals surface area contributed by atoms with Crippen molar-refractivity contribution >= 4 is 8.25 Å². The van der Waals surface area contributed by atoms with E-state index in [-0.39, 0.29) is 26.4 Å². The van der Waals surface area contributed by atoms with Crippen molar-refractivity contribution in [1.29, 1.82) is 0 Å². The Hall–Kier alpha value is -0.220. The van der Waals surface area contributed by atoms with Crippen LogP contribution >= 0.6 is 8.25 Å². The van der Waals surface area contributed by atoms with Gasteiger partial charge in [0.2, 0.25) is 0 Å². The number of aliphatic hydroxyl groups excluding tert-OH is 4. The van der Waals surface area contributed by atoms with Gasteiger partial charge < -0.3 is 30.2 Å². The third-order valence-electron chi connectivity index (χ3n) is 4.74. The first-order chi connectivity index (χ1) is 14.7. The van der Waals surface area contributed by atoms with Crippen molar-refractivity contribution in [3.63, 3.8) is 0 Å². The van der Waals surface area contributed by atoms with E-state index in [1.165, 1.54) is 0 Å². The van der Waals surface area contributed by atoms with Crippen LogP contribution in [0.3, 0.4) is 0 Å². The molecule has 0 aromatic heterocycles. The van der Waals surface area contributed by atoms with E-state index < -0.39 is 8.25 Å². The van der Waals surface area contributed by atoms with E-state index in [9.17, 15) is 4.57 Å². The lowest BCUT2D eigenvalue weighted by Gasteiger charge is -2.21. The predicted molar refractivity (Wildman–Crippen MR) is 118 cm³/mol. The van der Waals surface area contributed by atoms with Gasteiger partial charge in [0.1, 0.15) is 13.2 Å². The predicted octanol–water partition coefficient (Wildman–Crippen LogP) is 1.37. The van der Waals surface area contributed by atoms with Crippen LogP contribution in [0.2, 0.25) is 0 Å². The molecular weight excluding hydrogens is 411 g/mol. The zero-order valence-electron chi connectivity index (χ0n) is 18.5. The molecule has 0 aromatic rings. The molecule has 4 N–H and O–H groups in total. The molecule has 0 aromatic carbocycles. The summed E-state index contributed by atoms with van der Waals surface area (Å²) in [6.07, 6.45) is 6.57. The largest absolute Gasteiger partial charge is 0.697 e. The van der Waals surface area contributed by atoms with Crippen LogP contribution in [0.1, 0.15) is 51.4 Å². The molecule has 0 amide bonds. The average molecular weight is 456 g/mol. The number of rotatable bonds is 24. The fraction of sp³-hybridized carbons (Fsp3) is 1.00. The average Bonchev–Trinajstić information content (AvgIpc) is 2.73. The van der Waals surface area contributed by atoms with Crippen molar-refractivity contribution < 1.29 is 34.0 Å². The van der Waals surface area contributed by atoms with Gasteiger partial charge in [-0.1, -0.05) is 0 Å². The van der Waals surface area contributed by atoms with Gasteiger partial charge in [0.25, 0.3) is 0 Å². The first-order valence-electron chi connectivity index (χ1n) is 11.3. The molecule has 0 bridgehead atoms. The molecule has 30 heavy (non-hydrogen) atoms. The van der Waals surface area contributed by atoms with Crippen molar-refractivity contribution in [2.24, 2.45) is 0 Å². The molecule has 0 fully saturated rings. The summed E-state index contributed by atoms with van der Waals surface area (Å²) < 4.78 is 22.6. The van der Waals surface area contributed by atoms with Crippen LogP contribution in [0.15, 0.2) is 0 Å². The summed E-state index contributed by atoms with van der Waals surface area (Å²) >= 11 is 0. The molecule has 0 rings (SSSR count). The molecule has 0 spiro atoms. The van der Waals surface area contributed by atoms with E-state index in [1.807, 2.05) is 0 Å². The normalized spacial score (nSPS) is 11.7. The summed E-state index contributed by atoms with van der Waals surface area (Å²) in [5.41, 5.74) is 0. The van der Waals surface area contributed by atoms with Crippen molar-refractivity contribution in [3.05, 3.63) is 0 Å². The molecule has 0 saturated heterocycles. The third-order valence-corrected chi connectivity index (χ3v) is 5.53. The lowest BCUT2D eigenvalue weighted by Crippen LogP contribution is -2.30. The molecule has 0 aliphatic heterocycles. The minimum atomic E-state index is -2.17. The second kappa shape index (κ2) is 23.4. The topological polar surface area (TPSA) is 123 Å². The van der Waals surface area contributed by atoms with Crippen LogP contribution in [0.25, 0.3) is 0 Å². The van der Waals surface area contributed by atoms with Gasteiger partial charge in [-0.15, -0.1) is 9.05 Å². The van der Waals surface area contributed by atoms with Crippen LogP contribution in [-0.2, 0) is 13.6 Å². The van der Waals surface area contributed by atoms with Gasteiger partial charge in [-0.3, -0.25) is 0 Å². The Kier molecular flexibility index (Phi) is 23.3. The number of hydrogen-bond acceptors (Lipinski definition) is 9. The summed E-state index contributed by atoms with van der Waals surface area (Å²) in [4.78, 5) is 4.39. The molecule has 0 radical (unpaired) electrons. The van der Waals surface area contributed by atoms with E-state index in [4.69, 9.17) is 29.5 Å². The summed E-state index contributed by atoms with van der Waals surface area (Å²) in [6.45, 7) is 5.95. The number of nitrogens with zero attached hydrogens (tertiary/aromatic N) is 2. The standard InChI is InChI=1S/C20H44N2O7P/c23-15-5-1-9-21(10-2-6-16-24)13-19-28-30(27)29-20-14-22(11-3-7-17-25)12-4-8-18-26/h23-26H,1-20H2/q+1. The minimum absolute atomic E-state index is 0.178. The molecule has 0 heterocycles. The van der Waals surface area contributed by atoms with E-state index in [0.29, 0.717) is 26.3 Å². The SMILES string of the molecule is O=[P+](OCCN(CCCCO)CCCCO)OCCN(CCCCO)CCCCO. The summed E-state index contributed by atoms with van der Waals surface area (Å²) in [7, 11) is -2.17. The van der Waals surface area contributed by atoms with Gasteiger partial charge in [-0.25, -0.2) is 0 Å². The number of hydrogen-bond donors (Lipinski definition) is 4. The second-order valence-corrected chi connectivity index (χ2v) is 8.26. The highest BCUT2D eigenvalue weighted by atomic mass is 31.1. The molecule has 0 unspecified atom stereocenters. The maximum atomic E-state index is 12.0. The Labute approximate surface area is 182 Å². The van der Waals surface area contributed by atoms with Crippen molar-refractivity contribution in [3.8, 4) is 0 Å². The van der Waals surface area contributed by atoms with Gasteiger partial charge in [-0.05, 0) is 77.5 Å². The van der Waals surface area contributed by atoms with Gasteiger partial charge in [0.15, 0.2) is 0 Å². The highest BCUT2D eigenvalue weighted by molar-refractivity contribution is 7.33. The number of aliphatic hydroxyl groups is 4. The van der Waals surface area contributed by atoms with E-state index >= 15 is 0 Å². The Morgan fingerprint density at radius 3 is 1.07 bits per heavy atom. The molecule has 10 heteroatoms. The van der Waals surface area contributed by atoms with E-state index in [1.54, 1.807) is 0 Å². The van der Waals surface area contributed by atoms with Crippen LogP contribution in [0.4, 0.5) is 0 Å². The third kappa shape index (κ3) is 19.7. The molecule has 0 saturated carbocycles. The van der Waals surface area contributed by atoms with Gasteiger partial charge in [0.05, 0.1) is 0 Å². The minimum Gasteiger partial charge on any atom is -0.396 e. The highest BCUT2D eigenvalue weighted by Crippen LogP contribution is 2.23. The lowest BCUT2D eigenvalue weighted by molar-refractivity contribution is 0.157. The van der Waals surface area contributed by atoms with E-state index in [0.717, 1.165) is 77.5 Å². The van der Waals surface area contributed by atoms with Crippen LogP contribution < -0.4 is 0 Å². The maximum Gasteiger partial charge on any atom is 0.697 e. The molecule has 0 aliphatic rings. The van der Waals surface area contributed by atoms with Crippen LogP contribution in [0, 0.1) is 0 Å². The second-order valence-electron chi connectivity index (χ2n) is 7.30. The van der Waals surface area contributed by atoms with Crippen LogP contribution in [-0.4, -0.2) is 109 Å². The monoisotopic (exact) mass is 455 g/mol. The van der Waals surface area contributed by atoms with Crippen LogP contribution in [0.5, 0.6) is 0 Å². The van der Waals surface area contributed by atoms with Gasteiger partial charge in [0, 0.05) is 44.1 Å². The first-order valence-corrected chi connectivity index (χ1v) is 12.4. The molecule has 0 aliphatic carbocycles. The Balaban J connectivity index is 4.06. The lowest BCUT2D eigenvalue weighted by atomic mass is 10.2. The van der Waals surface area contributed by atoms with Crippen molar-refractivity contribution in [1.82, 2.24) is 9.80 Å².